The van der Waals surface area contributed by atoms with Gasteiger partial charge in [-0.25, -0.2) is 0 Å². The fourth-order valence-corrected chi connectivity index (χ4v) is 4.04. The Hall–Kier alpha value is -2.38. The fraction of sp³-hybridized carbons (Fsp3) is 0.524. The molecule has 0 aliphatic carbocycles. The van der Waals surface area contributed by atoms with E-state index < -0.39 is 0 Å². The summed E-state index contributed by atoms with van der Waals surface area (Å²) in [5.74, 6) is 1.07. The number of ether oxygens (including phenoxy) is 1. The third kappa shape index (κ3) is 4.05. The van der Waals surface area contributed by atoms with Crippen LogP contribution in [0.2, 0.25) is 0 Å². The zero-order chi connectivity index (χ0) is 19.7. The first kappa shape index (κ1) is 19.0. The first-order valence-electron chi connectivity index (χ1n) is 9.99. The maximum Gasteiger partial charge on any atom is 0.238 e. The average molecular weight is 383 g/mol. The Balaban J connectivity index is 1.25. The van der Waals surface area contributed by atoms with Crippen LogP contribution in [0.25, 0.3) is 0 Å². The largest absolute Gasteiger partial charge is 0.493 e. The number of carbonyl (C=O) groups excluding carboxylic acids is 1. The molecular formula is C21H29N5O2. The SMILES string of the molecule is Cc1nn(C)c(C)c1NC(=O)CN1CCN(Cc2ccc3c(c2)CCO3)CC1. The van der Waals surface area contributed by atoms with Crippen LogP contribution in [0.3, 0.4) is 0 Å². The molecule has 1 saturated heterocycles. The molecule has 4 rings (SSSR count). The second-order valence-electron chi connectivity index (χ2n) is 7.81. The van der Waals surface area contributed by atoms with Crippen LogP contribution < -0.4 is 10.1 Å². The van der Waals surface area contributed by atoms with Crippen molar-refractivity contribution in [3.05, 3.63) is 40.7 Å². The summed E-state index contributed by atoms with van der Waals surface area (Å²) in [6.07, 6.45) is 1.02. The van der Waals surface area contributed by atoms with Gasteiger partial charge >= 0.3 is 0 Å². The summed E-state index contributed by atoms with van der Waals surface area (Å²) in [5.41, 5.74) is 5.35. The maximum absolute atomic E-state index is 12.5. The van der Waals surface area contributed by atoms with Gasteiger partial charge in [0.25, 0.3) is 0 Å². The second kappa shape index (κ2) is 7.93. The highest BCUT2D eigenvalue weighted by atomic mass is 16.5. The maximum atomic E-state index is 12.5. The first-order chi connectivity index (χ1) is 13.5. The molecule has 1 aromatic carbocycles. The van der Waals surface area contributed by atoms with E-state index >= 15 is 0 Å². The van der Waals surface area contributed by atoms with Crippen molar-refractivity contribution in [2.75, 3.05) is 44.6 Å². The van der Waals surface area contributed by atoms with Crippen LogP contribution in [0.5, 0.6) is 5.75 Å². The number of benzene rings is 1. The number of hydrogen-bond acceptors (Lipinski definition) is 5. The van der Waals surface area contributed by atoms with Crippen LogP contribution in [-0.2, 0) is 24.8 Å². The highest BCUT2D eigenvalue weighted by Crippen LogP contribution is 2.26. The van der Waals surface area contributed by atoms with E-state index in [9.17, 15) is 4.79 Å². The van der Waals surface area contributed by atoms with Crippen molar-refractivity contribution < 1.29 is 9.53 Å². The van der Waals surface area contributed by atoms with Crippen molar-refractivity contribution in [3.8, 4) is 5.75 Å². The lowest BCUT2D eigenvalue weighted by molar-refractivity contribution is -0.117. The van der Waals surface area contributed by atoms with E-state index in [0.717, 1.165) is 68.6 Å². The van der Waals surface area contributed by atoms with Crippen molar-refractivity contribution in [1.82, 2.24) is 19.6 Å². The van der Waals surface area contributed by atoms with Crippen molar-refractivity contribution in [3.63, 3.8) is 0 Å². The van der Waals surface area contributed by atoms with E-state index in [2.05, 4.69) is 38.4 Å². The molecule has 0 spiro atoms. The van der Waals surface area contributed by atoms with Crippen molar-refractivity contribution >= 4 is 11.6 Å². The molecule has 1 fully saturated rings. The van der Waals surface area contributed by atoms with Crippen LogP contribution in [0, 0.1) is 13.8 Å². The molecule has 1 N–H and O–H groups in total. The standard InChI is InChI=1S/C21H29N5O2/c1-15-21(16(2)24(3)23-15)22-20(27)14-26-9-7-25(8-10-26)13-17-4-5-19-18(12-17)6-11-28-19/h4-5,12H,6-11,13-14H2,1-3H3,(H,22,27). The summed E-state index contributed by atoms with van der Waals surface area (Å²) < 4.78 is 7.39. The Morgan fingerprint density at radius 3 is 2.64 bits per heavy atom. The number of hydrogen-bond donors (Lipinski definition) is 1. The van der Waals surface area contributed by atoms with Crippen LogP contribution in [-0.4, -0.2) is 64.8 Å². The molecule has 7 heteroatoms. The lowest BCUT2D eigenvalue weighted by Crippen LogP contribution is -2.48. The summed E-state index contributed by atoms with van der Waals surface area (Å²) >= 11 is 0. The van der Waals surface area contributed by atoms with E-state index in [1.54, 1.807) is 4.68 Å². The highest BCUT2D eigenvalue weighted by Gasteiger charge is 2.21. The van der Waals surface area contributed by atoms with Gasteiger partial charge in [0.05, 0.1) is 30.2 Å². The van der Waals surface area contributed by atoms with E-state index in [-0.39, 0.29) is 5.91 Å². The van der Waals surface area contributed by atoms with Gasteiger partial charge in [-0.2, -0.15) is 5.10 Å². The van der Waals surface area contributed by atoms with Crippen LogP contribution in [0.4, 0.5) is 5.69 Å². The average Bonchev–Trinajstić information content (AvgIpc) is 3.23. The Kier molecular flexibility index (Phi) is 5.37. The van der Waals surface area contributed by atoms with Gasteiger partial charge in [-0.1, -0.05) is 12.1 Å². The van der Waals surface area contributed by atoms with E-state index in [4.69, 9.17) is 4.74 Å². The first-order valence-corrected chi connectivity index (χ1v) is 9.99. The summed E-state index contributed by atoms with van der Waals surface area (Å²) in [6, 6.07) is 6.55. The Labute approximate surface area is 166 Å². The summed E-state index contributed by atoms with van der Waals surface area (Å²) in [6.45, 7) is 9.86. The molecule has 7 nitrogen and oxygen atoms in total. The normalized spacial score (nSPS) is 17.4. The number of nitrogens with one attached hydrogen (secondary N) is 1. The number of amides is 1. The van der Waals surface area contributed by atoms with Crippen molar-refractivity contribution in [1.29, 1.82) is 0 Å². The van der Waals surface area contributed by atoms with Gasteiger partial charge in [-0.15, -0.1) is 0 Å². The fourth-order valence-electron chi connectivity index (χ4n) is 4.04. The predicted molar refractivity (Wildman–Crippen MR) is 109 cm³/mol. The number of rotatable bonds is 5. The minimum absolute atomic E-state index is 0.0336. The second-order valence-corrected chi connectivity index (χ2v) is 7.81. The zero-order valence-corrected chi connectivity index (χ0v) is 17.0. The van der Waals surface area contributed by atoms with E-state index in [1.165, 1.54) is 11.1 Å². The minimum atomic E-state index is 0.0336. The minimum Gasteiger partial charge on any atom is -0.493 e. The highest BCUT2D eigenvalue weighted by molar-refractivity contribution is 5.93. The molecular weight excluding hydrogens is 354 g/mol. The number of piperazine rings is 1. The molecule has 150 valence electrons. The molecule has 0 bridgehead atoms. The van der Waals surface area contributed by atoms with Gasteiger partial charge in [-0.3, -0.25) is 19.3 Å². The van der Waals surface area contributed by atoms with E-state index in [1.807, 2.05) is 20.9 Å². The molecule has 0 radical (unpaired) electrons. The van der Waals surface area contributed by atoms with Gasteiger partial charge in [0, 0.05) is 46.2 Å². The zero-order valence-electron chi connectivity index (χ0n) is 17.0. The number of aryl methyl sites for hydroxylation is 2. The molecule has 2 aromatic rings. The molecule has 2 aliphatic heterocycles. The van der Waals surface area contributed by atoms with Crippen LogP contribution >= 0.6 is 0 Å². The quantitative estimate of drug-likeness (QED) is 0.852. The summed E-state index contributed by atoms with van der Waals surface area (Å²) in [4.78, 5) is 17.1. The molecule has 3 heterocycles. The Morgan fingerprint density at radius 2 is 1.93 bits per heavy atom. The summed E-state index contributed by atoms with van der Waals surface area (Å²) in [7, 11) is 1.89. The molecule has 1 amide bonds. The lowest BCUT2D eigenvalue weighted by atomic mass is 10.1. The molecule has 1 aromatic heterocycles. The predicted octanol–water partition coefficient (Wildman–Crippen LogP) is 1.73. The Morgan fingerprint density at radius 1 is 1.18 bits per heavy atom. The van der Waals surface area contributed by atoms with Crippen LogP contribution in [0.15, 0.2) is 18.2 Å². The smallest absolute Gasteiger partial charge is 0.238 e. The van der Waals surface area contributed by atoms with Gasteiger partial charge < -0.3 is 10.1 Å². The summed E-state index contributed by atoms with van der Waals surface area (Å²) in [5, 5.41) is 7.39. The van der Waals surface area contributed by atoms with Gasteiger partial charge in [0.1, 0.15) is 5.75 Å². The monoisotopic (exact) mass is 383 g/mol. The number of carbonyl (C=O) groups is 1. The van der Waals surface area contributed by atoms with Gasteiger partial charge in [-0.05, 0) is 31.0 Å². The number of anilines is 1. The van der Waals surface area contributed by atoms with Crippen molar-refractivity contribution in [2.45, 2.75) is 26.8 Å². The van der Waals surface area contributed by atoms with Gasteiger partial charge in [0.15, 0.2) is 0 Å². The molecule has 0 unspecified atom stereocenters. The van der Waals surface area contributed by atoms with Crippen LogP contribution in [0.1, 0.15) is 22.5 Å². The molecule has 2 aliphatic rings. The topological polar surface area (TPSA) is 62.6 Å². The van der Waals surface area contributed by atoms with Crippen molar-refractivity contribution in [2.24, 2.45) is 7.05 Å². The molecule has 28 heavy (non-hydrogen) atoms. The molecule has 0 saturated carbocycles. The third-order valence-corrected chi connectivity index (χ3v) is 5.77. The molecule has 0 atom stereocenters. The Bertz CT molecular complexity index is 868. The third-order valence-electron chi connectivity index (χ3n) is 5.77. The van der Waals surface area contributed by atoms with Gasteiger partial charge in [0.2, 0.25) is 5.91 Å². The number of aromatic nitrogens is 2. The number of nitrogens with zero attached hydrogens (tertiary/aromatic N) is 4. The van der Waals surface area contributed by atoms with E-state index in [0.29, 0.717) is 6.54 Å². The lowest BCUT2D eigenvalue weighted by Gasteiger charge is -2.34. The number of fused-ring (bicyclic) bond motifs is 1.